The van der Waals surface area contributed by atoms with Crippen LogP contribution >= 0.6 is 28.1 Å². The van der Waals surface area contributed by atoms with E-state index in [-0.39, 0.29) is 0 Å². The summed E-state index contributed by atoms with van der Waals surface area (Å²) in [5, 5.41) is 8.07. The number of hydrogen-bond donors (Lipinski definition) is 2. The molecule has 0 bridgehead atoms. The van der Waals surface area contributed by atoms with Crippen LogP contribution in [0, 0.1) is 0 Å². The number of nitrogens with one attached hydrogen (secondary N) is 2. The fraction of sp³-hybridized carbons (Fsp3) is 0.429. The molecule has 0 heterocycles. The van der Waals surface area contributed by atoms with E-state index in [4.69, 9.17) is 12.2 Å². The third-order valence-electron chi connectivity index (χ3n) is 3.17. The van der Waals surface area contributed by atoms with Gasteiger partial charge in [0, 0.05) is 10.5 Å². The Bertz CT molecular complexity index is 456. The SMILES string of the molecule is S=C(N/N=C/c1cccc(Br)c1)NC1CCCCC1. The normalized spacial score (nSPS) is 16.5. The molecular formula is C14H18BrN3S. The van der Waals surface area contributed by atoms with Crippen LogP contribution in [0.4, 0.5) is 0 Å². The topological polar surface area (TPSA) is 36.4 Å². The van der Waals surface area contributed by atoms with Crippen LogP contribution in [0.2, 0.25) is 0 Å². The standard InChI is InChI=1S/C14H18BrN3S/c15-12-6-4-5-11(9-12)10-16-18-14(19)17-13-7-2-1-3-8-13/h4-6,9-10,13H,1-3,7-8H2,(H2,17,18,19)/b16-10+. The molecule has 2 N–H and O–H groups in total. The highest BCUT2D eigenvalue weighted by Gasteiger charge is 2.13. The minimum atomic E-state index is 0.509. The average Bonchev–Trinajstić information content (AvgIpc) is 2.40. The molecule has 1 fully saturated rings. The maximum Gasteiger partial charge on any atom is 0.187 e. The number of hydrazone groups is 1. The van der Waals surface area contributed by atoms with Crippen LogP contribution in [0.3, 0.4) is 0 Å². The largest absolute Gasteiger partial charge is 0.359 e. The first-order chi connectivity index (χ1) is 9.24. The van der Waals surface area contributed by atoms with E-state index >= 15 is 0 Å². The lowest BCUT2D eigenvalue weighted by atomic mass is 9.96. The molecule has 0 spiro atoms. The molecule has 0 radical (unpaired) electrons. The van der Waals surface area contributed by atoms with Crippen LogP contribution in [0.5, 0.6) is 0 Å². The molecule has 5 heteroatoms. The fourth-order valence-corrected chi connectivity index (χ4v) is 2.85. The Balaban J connectivity index is 1.76. The maximum absolute atomic E-state index is 5.23. The Labute approximate surface area is 128 Å². The van der Waals surface area contributed by atoms with Crippen molar-refractivity contribution in [3.63, 3.8) is 0 Å². The van der Waals surface area contributed by atoms with Crippen LogP contribution in [-0.2, 0) is 0 Å². The first kappa shape index (κ1) is 14.5. The second kappa shape index (κ2) is 7.60. The van der Waals surface area contributed by atoms with E-state index in [0.29, 0.717) is 11.2 Å². The van der Waals surface area contributed by atoms with Crippen molar-refractivity contribution in [1.82, 2.24) is 10.7 Å². The van der Waals surface area contributed by atoms with Gasteiger partial charge < -0.3 is 5.32 Å². The van der Waals surface area contributed by atoms with Crippen molar-refractivity contribution < 1.29 is 0 Å². The van der Waals surface area contributed by atoms with Crippen molar-refractivity contribution in [3.05, 3.63) is 34.3 Å². The predicted octanol–water partition coefficient (Wildman–Crippen LogP) is 3.58. The lowest BCUT2D eigenvalue weighted by molar-refractivity contribution is 0.412. The van der Waals surface area contributed by atoms with E-state index < -0.39 is 0 Å². The number of hydrogen-bond acceptors (Lipinski definition) is 2. The summed E-state index contributed by atoms with van der Waals surface area (Å²) >= 11 is 8.66. The first-order valence-electron chi connectivity index (χ1n) is 6.59. The van der Waals surface area contributed by atoms with E-state index in [1.54, 1.807) is 6.21 Å². The summed E-state index contributed by atoms with van der Waals surface area (Å²) in [4.78, 5) is 0. The zero-order valence-corrected chi connectivity index (χ0v) is 13.1. The molecule has 3 nitrogen and oxygen atoms in total. The van der Waals surface area contributed by atoms with Crippen LogP contribution in [0.1, 0.15) is 37.7 Å². The molecule has 0 amide bonds. The van der Waals surface area contributed by atoms with Gasteiger partial charge in [0.05, 0.1) is 6.21 Å². The Hall–Kier alpha value is -0.940. The summed E-state index contributed by atoms with van der Waals surface area (Å²) in [6, 6.07) is 8.47. The molecule has 0 atom stereocenters. The molecule has 0 saturated heterocycles. The summed E-state index contributed by atoms with van der Waals surface area (Å²) in [5.41, 5.74) is 3.90. The van der Waals surface area contributed by atoms with Gasteiger partial charge in [-0.3, -0.25) is 5.43 Å². The molecule has 102 valence electrons. The summed E-state index contributed by atoms with van der Waals surface area (Å²) in [7, 11) is 0. The van der Waals surface area contributed by atoms with Crippen LogP contribution in [0.25, 0.3) is 0 Å². The number of rotatable bonds is 3. The molecule has 0 unspecified atom stereocenters. The zero-order chi connectivity index (χ0) is 13.5. The summed E-state index contributed by atoms with van der Waals surface area (Å²) in [5.74, 6) is 0. The molecule has 1 aliphatic rings. The number of benzene rings is 1. The van der Waals surface area contributed by atoms with Crippen molar-refractivity contribution >= 4 is 39.5 Å². The second-order valence-corrected chi connectivity index (χ2v) is 6.06. The molecule has 1 saturated carbocycles. The molecule has 1 aromatic rings. The number of halogens is 1. The highest BCUT2D eigenvalue weighted by molar-refractivity contribution is 9.10. The summed E-state index contributed by atoms with van der Waals surface area (Å²) < 4.78 is 1.04. The van der Waals surface area contributed by atoms with Crippen molar-refractivity contribution in [1.29, 1.82) is 0 Å². The quantitative estimate of drug-likeness (QED) is 0.502. The van der Waals surface area contributed by atoms with Gasteiger partial charge in [-0.1, -0.05) is 47.3 Å². The molecule has 1 aliphatic carbocycles. The van der Waals surface area contributed by atoms with Crippen molar-refractivity contribution in [2.45, 2.75) is 38.1 Å². The highest BCUT2D eigenvalue weighted by Crippen LogP contribution is 2.17. The van der Waals surface area contributed by atoms with Gasteiger partial charge in [0.15, 0.2) is 5.11 Å². The molecule has 2 rings (SSSR count). The van der Waals surface area contributed by atoms with Crippen molar-refractivity contribution in [3.8, 4) is 0 Å². The molecular weight excluding hydrogens is 322 g/mol. The van der Waals surface area contributed by atoms with Gasteiger partial charge in [0.25, 0.3) is 0 Å². The predicted molar refractivity (Wildman–Crippen MR) is 87.5 cm³/mol. The van der Waals surface area contributed by atoms with Gasteiger partial charge in [-0.2, -0.15) is 5.10 Å². The van der Waals surface area contributed by atoms with Gasteiger partial charge in [0.2, 0.25) is 0 Å². The van der Waals surface area contributed by atoms with E-state index in [2.05, 4.69) is 31.8 Å². The van der Waals surface area contributed by atoms with E-state index in [1.807, 2.05) is 24.3 Å². The lowest BCUT2D eigenvalue weighted by Crippen LogP contribution is -2.40. The van der Waals surface area contributed by atoms with Crippen LogP contribution in [-0.4, -0.2) is 17.4 Å². The summed E-state index contributed by atoms with van der Waals surface area (Å²) in [6.07, 6.45) is 8.11. The van der Waals surface area contributed by atoms with Gasteiger partial charge >= 0.3 is 0 Å². The van der Waals surface area contributed by atoms with Crippen molar-refractivity contribution in [2.75, 3.05) is 0 Å². The van der Waals surface area contributed by atoms with Crippen LogP contribution < -0.4 is 10.7 Å². The number of thiocarbonyl (C=S) groups is 1. The Morgan fingerprint density at radius 3 is 2.84 bits per heavy atom. The molecule has 1 aromatic carbocycles. The Morgan fingerprint density at radius 1 is 1.32 bits per heavy atom. The zero-order valence-electron chi connectivity index (χ0n) is 10.7. The monoisotopic (exact) mass is 339 g/mol. The average molecular weight is 340 g/mol. The Kier molecular flexibility index (Phi) is 5.79. The van der Waals surface area contributed by atoms with E-state index in [1.165, 1.54) is 32.1 Å². The smallest absolute Gasteiger partial charge is 0.187 e. The van der Waals surface area contributed by atoms with Crippen molar-refractivity contribution in [2.24, 2.45) is 5.10 Å². The molecule has 0 aromatic heterocycles. The van der Waals surface area contributed by atoms with Gasteiger partial charge in [-0.15, -0.1) is 0 Å². The highest BCUT2D eigenvalue weighted by atomic mass is 79.9. The minimum absolute atomic E-state index is 0.509. The lowest BCUT2D eigenvalue weighted by Gasteiger charge is -2.23. The number of nitrogens with zero attached hydrogens (tertiary/aromatic N) is 1. The van der Waals surface area contributed by atoms with Gasteiger partial charge in [-0.25, -0.2) is 0 Å². The summed E-state index contributed by atoms with van der Waals surface area (Å²) in [6.45, 7) is 0. The fourth-order valence-electron chi connectivity index (χ4n) is 2.22. The second-order valence-electron chi connectivity index (χ2n) is 4.73. The van der Waals surface area contributed by atoms with E-state index in [0.717, 1.165) is 10.0 Å². The minimum Gasteiger partial charge on any atom is -0.359 e. The van der Waals surface area contributed by atoms with Gasteiger partial charge in [0.1, 0.15) is 0 Å². The third kappa shape index (κ3) is 5.28. The van der Waals surface area contributed by atoms with E-state index in [9.17, 15) is 0 Å². The maximum atomic E-state index is 5.23. The van der Waals surface area contributed by atoms with Gasteiger partial charge in [-0.05, 0) is 42.8 Å². The molecule has 0 aliphatic heterocycles. The first-order valence-corrected chi connectivity index (χ1v) is 7.79. The molecule has 19 heavy (non-hydrogen) atoms. The van der Waals surface area contributed by atoms with Crippen LogP contribution in [0.15, 0.2) is 33.8 Å². The third-order valence-corrected chi connectivity index (χ3v) is 3.87. The Morgan fingerprint density at radius 2 is 2.11 bits per heavy atom.